The monoisotopic (exact) mass is 315 g/mol. The summed E-state index contributed by atoms with van der Waals surface area (Å²) in [6, 6.07) is 8.77. The van der Waals surface area contributed by atoms with Gasteiger partial charge < -0.3 is 5.11 Å². The zero-order chi connectivity index (χ0) is 16.5. The molecule has 0 aliphatic heterocycles. The molecule has 0 saturated heterocycles. The van der Waals surface area contributed by atoms with Crippen LogP contribution in [0.4, 0.5) is 4.39 Å². The highest BCUT2D eigenvalue weighted by Crippen LogP contribution is 2.29. The van der Waals surface area contributed by atoms with Crippen LogP contribution in [-0.2, 0) is 6.42 Å². The molecule has 0 spiro atoms. The van der Waals surface area contributed by atoms with Gasteiger partial charge in [0.1, 0.15) is 0 Å². The number of nitrogens with zero attached hydrogens (tertiary/aromatic N) is 1. The lowest BCUT2D eigenvalue weighted by molar-refractivity contribution is 0.430. The number of hydrogen-bond donors (Lipinski definition) is 1. The van der Waals surface area contributed by atoms with Crippen molar-refractivity contribution >= 4 is 0 Å². The molecule has 1 aromatic carbocycles. The molecule has 2 rings (SSSR count). The standard InChI is InChI=1S/C20H26FNO/c1-2-3-4-5-6-9-17(13-16-8-7-12-22-15-16)18-10-11-20(23)19(21)14-18/h7-8,10-12,14-15,17,23H,2-6,9,13H2,1H3. The second-order valence-electron chi connectivity index (χ2n) is 6.18. The lowest BCUT2D eigenvalue weighted by Gasteiger charge is -2.18. The van der Waals surface area contributed by atoms with Gasteiger partial charge in [-0.05, 0) is 48.1 Å². The van der Waals surface area contributed by atoms with Crippen molar-refractivity contribution in [1.29, 1.82) is 0 Å². The summed E-state index contributed by atoms with van der Waals surface area (Å²) in [7, 11) is 0. The minimum atomic E-state index is -0.537. The maximum Gasteiger partial charge on any atom is 0.165 e. The third kappa shape index (κ3) is 5.66. The van der Waals surface area contributed by atoms with E-state index >= 15 is 0 Å². The Morgan fingerprint density at radius 1 is 1.13 bits per heavy atom. The molecule has 0 radical (unpaired) electrons. The molecular formula is C20H26FNO. The predicted molar refractivity (Wildman–Crippen MR) is 92.1 cm³/mol. The van der Waals surface area contributed by atoms with Gasteiger partial charge in [-0.3, -0.25) is 4.98 Å². The van der Waals surface area contributed by atoms with Gasteiger partial charge in [-0.15, -0.1) is 0 Å². The summed E-state index contributed by atoms with van der Waals surface area (Å²) in [6.45, 7) is 2.21. The zero-order valence-corrected chi connectivity index (χ0v) is 13.8. The highest BCUT2D eigenvalue weighted by molar-refractivity contribution is 5.31. The summed E-state index contributed by atoms with van der Waals surface area (Å²) in [4.78, 5) is 4.17. The maximum absolute atomic E-state index is 13.7. The first kappa shape index (κ1) is 17.5. The average molecular weight is 315 g/mol. The Morgan fingerprint density at radius 2 is 1.96 bits per heavy atom. The van der Waals surface area contributed by atoms with Gasteiger partial charge in [0.25, 0.3) is 0 Å². The van der Waals surface area contributed by atoms with E-state index in [9.17, 15) is 9.50 Å². The second-order valence-corrected chi connectivity index (χ2v) is 6.18. The molecule has 1 atom stereocenters. The molecule has 0 fully saturated rings. The highest BCUT2D eigenvalue weighted by Gasteiger charge is 2.14. The molecule has 3 heteroatoms. The number of halogens is 1. The molecule has 0 amide bonds. The number of phenolic OH excluding ortho intramolecular Hbond substituents is 1. The average Bonchev–Trinajstić information content (AvgIpc) is 2.57. The predicted octanol–water partition coefficient (Wildman–Crippen LogP) is 5.61. The molecule has 1 aromatic heterocycles. The fraction of sp³-hybridized carbons (Fsp3) is 0.450. The number of benzene rings is 1. The number of pyridine rings is 1. The fourth-order valence-electron chi connectivity index (χ4n) is 2.96. The zero-order valence-electron chi connectivity index (χ0n) is 13.8. The van der Waals surface area contributed by atoms with Crippen molar-refractivity contribution in [2.24, 2.45) is 0 Å². The summed E-state index contributed by atoms with van der Waals surface area (Å²) in [5.74, 6) is -0.558. The smallest absolute Gasteiger partial charge is 0.165 e. The first-order valence-electron chi connectivity index (χ1n) is 8.58. The number of phenols is 1. The van der Waals surface area contributed by atoms with Gasteiger partial charge in [0, 0.05) is 12.4 Å². The number of rotatable bonds is 9. The van der Waals surface area contributed by atoms with Crippen LogP contribution in [-0.4, -0.2) is 10.1 Å². The Hall–Kier alpha value is -1.90. The van der Waals surface area contributed by atoms with Crippen molar-refractivity contribution in [2.75, 3.05) is 0 Å². The molecule has 0 saturated carbocycles. The van der Waals surface area contributed by atoms with Gasteiger partial charge in [0.2, 0.25) is 0 Å². The Bertz CT molecular complexity index is 585. The van der Waals surface area contributed by atoms with Gasteiger partial charge in [-0.2, -0.15) is 0 Å². The van der Waals surface area contributed by atoms with Crippen molar-refractivity contribution in [3.05, 3.63) is 59.7 Å². The van der Waals surface area contributed by atoms with Crippen molar-refractivity contribution in [2.45, 2.75) is 57.8 Å². The molecule has 23 heavy (non-hydrogen) atoms. The minimum Gasteiger partial charge on any atom is -0.505 e. The van der Waals surface area contributed by atoms with E-state index in [1.165, 1.54) is 43.4 Å². The molecule has 2 aromatic rings. The van der Waals surface area contributed by atoms with E-state index in [2.05, 4.69) is 18.0 Å². The van der Waals surface area contributed by atoms with Crippen LogP contribution < -0.4 is 0 Å². The summed E-state index contributed by atoms with van der Waals surface area (Å²) >= 11 is 0. The summed E-state index contributed by atoms with van der Waals surface area (Å²) in [5, 5.41) is 9.40. The number of hydrogen-bond acceptors (Lipinski definition) is 2. The van der Waals surface area contributed by atoms with Crippen molar-refractivity contribution in [3.8, 4) is 5.75 Å². The SMILES string of the molecule is CCCCCCCC(Cc1cccnc1)c1ccc(O)c(F)c1. The minimum absolute atomic E-state index is 0.260. The molecule has 1 heterocycles. The quantitative estimate of drug-likeness (QED) is 0.610. The molecule has 0 bridgehead atoms. The van der Waals surface area contributed by atoms with E-state index in [1.54, 1.807) is 6.20 Å². The fourth-order valence-corrected chi connectivity index (χ4v) is 2.96. The van der Waals surface area contributed by atoms with E-state index in [0.717, 1.165) is 24.8 Å². The number of aromatic nitrogens is 1. The van der Waals surface area contributed by atoms with E-state index in [4.69, 9.17) is 0 Å². The lowest BCUT2D eigenvalue weighted by Crippen LogP contribution is -2.04. The first-order valence-corrected chi connectivity index (χ1v) is 8.58. The van der Waals surface area contributed by atoms with Crippen LogP contribution in [0.3, 0.4) is 0 Å². The van der Waals surface area contributed by atoms with Gasteiger partial charge in [-0.1, -0.05) is 51.2 Å². The van der Waals surface area contributed by atoms with Crippen molar-refractivity contribution in [3.63, 3.8) is 0 Å². The number of unbranched alkanes of at least 4 members (excludes halogenated alkanes) is 4. The van der Waals surface area contributed by atoms with E-state index in [1.807, 2.05) is 18.3 Å². The Balaban J connectivity index is 2.05. The maximum atomic E-state index is 13.7. The summed E-state index contributed by atoms with van der Waals surface area (Å²) in [6.07, 6.45) is 11.7. The van der Waals surface area contributed by atoms with Crippen molar-refractivity contribution in [1.82, 2.24) is 4.98 Å². The Kier molecular flexibility index (Phi) is 7.05. The normalized spacial score (nSPS) is 12.3. The highest BCUT2D eigenvalue weighted by atomic mass is 19.1. The molecule has 1 N–H and O–H groups in total. The van der Waals surface area contributed by atoms with Crippen LogP contribution in [0.1, 0.15) is 62.5 Å². The second kappa shape index (κ2) is 9.29. The molecule has 124 valence electrons. The van der Waals surface area contributed by atoms with Gasteiger partial charge in [-0.25, -0.2) is 4.39 Å². The largest absolute Gasteiger partial charge is 0.505 e. The van der Waals surface area contributed by atoms with Gasteiger partial charge >= 0.3 is 0 Å². The Morgan fingerprint density at radius 3 is 2.65 bits per heavy atom. The molecule has 1 unspecified atom stereocenters. The third-order valence-electron chi connectivity index (χ3n) is 4.30. The summed E-state index contributed by atoms with van der Waals surface area (Å²) < 4.78 is 13.7. The lowest BCUT2D eigenvalue weighted by atomic mass is 9.87. The van der Waals surface area contributed by atoms with Crippen LogP contribution in [0.2, 0.25) is 0 Å². The summed E-state index contributed by atoms with van der Waals surface area (Å²) in [5.41, 5.74) is 2.12. The molecule has 0 aliphatic carbocycles. The van der Waals surface area contributed by atoms with Crippen molar-refractivity contribution < 1.29 is 9.50 Å². The van der Waals surface area contributed by atoms with Crippen LogP contribution in [0.15, 0.2) is 42.7 Å². The van der Waals surface area contributed by atoms with Crippen LogP contribution in [0.5, 0.6) is 5.75 Å². The van der Waals surface area contributed by atoms with Gasteiger partial charge in [0.05, 0.1) is 0 Å². The van der Waals surface area contributed by atoms with E-state index < -0.39 is 5.82 Å². The Labute approximate surface area is 138 Å². The third-order valence-corrected chi connectivity index (χ3v) is 4.30. The number of aromatic hydroxyl groups is 1. The van der Waals surface area contributed by atoms with Crippen LogP contribution in [0, 0.1) is 5.82 Å². The van der Waals surface area contributed by atoms with Crippen LogP contribution in [0.25, 0.3) is 0 Å². The topological polar surface area (TPSA) is 33.1 Å². The molecule has 2 nitrogen and oxygen atoms in total. The van der Waals surface area contributed by atoms with Crippen LogP contribution >= 0.6 is 0 Å². The van der Waals surface area contributed by atoms with E-state index in [-0.39, 0.29) is 11.7 Å². The first-order chi connectivity index (χ1) is 11.2. The van der Waals surface area contributed by atoms with E-state index in [0.29, 0.717) is 0 Å². The molecule has 0 aliphatic rings. The molecular weight excluding hydrogens is 289 g/mol. The van der Waals surface area contributed by atoms with Gasteiger partial charge in [0.15, 0.2) is 11.6 Å².